The van der Waals surface area contributed by atoms with Gasteiger partial charge in [-0.05, 0) is 30.4 Å². The fourth-order valence-electron chi connectivity index (χ4n) is 2.54. The van der Waals surface area contributed by atoms with Gasteiger partial charge in [-0.1, -0.05) is 38.3 Å². The Morgan fingerprint density at radius 1 is 1.32 bits per heavy atom. The predicted molar refractivity (Wildman–Crippen MR) is 75.5 cm³/mol. The van der Waals surface area contributed by atoms with Crippen molar-refractivity contribution in [3.05, 3.63) is 23.5 Å². The van der Waals surface area contributed by atoms with Crippen molar-refractivity contribution in [2.24, 2.45) is 11.8 Å². The van der Waals surface area contributed by atoms with E-state index in [1.165, 1.54) is 24.8 Å². The summed E-state index contributed by atoms with van der Waals surface area (Å²) in [7, 11) is -3.50. The molecule has 6 heteroatoms. The van der Waals surface area contributed by atoms with Gasteiger partial charge in [0.1, 0.15) is 10.0 Å². The van der Waals surface area contributed by atoms with Crippen molar-refractivity contribution in [3.63, 3.8) is 0 Å². The van der Waals surface area contributed by atoms with Crippen LogP contribution >= 0.6 is 11.6 Å². The third-order valence-corrected chi connectivity index (χ3v) is 5.72. The molecule has 1 aromatic heterocycles. The lowest BCUT2D eigenvalue weighted by Crippen LogP contribution is -2.43. The largest absolute Gasteiger partial charge is 0.243 e. The molecule has 1 aromatic rings. The fourth-order valence-corrected chi connectivity index (χ4v) is 3.95. The molecule has 0 radical (unpaired) electrons. The summed E-state index contributed by atoms with van der Waals surface area (Å²) >= 11 is 5.67. The van der Waals surface area contributed by atoms with E-state index < -0.39 is 10.0 Å². The Balaban J connectivity index is 2.15. The number of halogens is 1. The van der Waals surface area contributed by atoms with E-state index >= 15 is 0 Å². The van der Waals surface area contributed by atoms with Crippen molar-refractivity contribution in [3.8, 4) is 0 Å². The van der Waals surface area contributed by atoms with Crippen molar-refractivity contribution in [2.45, 2.75) is 44.0 Å². The molecule has 3 atom stereocenters. The number of hydrogen-bond donors (Lipinski definition) is 1. The van der Waals surface area contributed by atoms with Crippen LogP contribution in [0.1, 0.15) is 33.1 Å². The predicted octanol–water partition coefficient (Wildman–Crippen LogP) is 2.84. The van der Waals surface area contributed by atoms with Crippen LogP contribution in [-0.2, 0) is 10.0 Å². The lowest BCUT2D eigenvalue weighted by molar-refractivity contribution is 0.227. The molecule has 0 unspecified atom stereocenters. The first-order valence-electron chi connectivity index (χ1n) is 6.54. The second-order valence-corrected chi connectivity index (χ2v) is 7.41. The van der Waals surface area contributed by atoms with Crippen LogP contribution in [-0.4, -0.2) is 19.4 Å². The van der Waals surface area contributed by atoms with E-state index in [2.05, 4.69) is 23.6 Å². The van der Waals surface area contributed by atoms with Gasteiger partial charge in [-0.3, -0.25) is 0 Å². The van der Waals surface area contributed by atoms with E-state index in [0.29, 0.717) is 17.0 Å². The van der Waals surface area contributed by atoms with Gasteiger partial charge in [0.15, 0.2) is 0 Å². The number of pyridine rings is 1. The maximum absolute atomic E-state index is 12.3. The average Bonchev–Trinajstić information content (AvgIpc) is 2.35. The smallest absolute Gasteiger partial charge is 0.242 e. The summed E-state index contributed by atoms with van der Waals surface area (Å²) in [4.78, 5) is 3.99. The van der Waals surface area contributed by atoms with Crippen molar-refractivity contribution >= 4 is 21.6 Å². The molecule has 1 saturated carbocycles. The Bertz CT molecular complexity index is 530. The maximum atomic E-state index is 12.3. The Hall–Kier alpha value is -0.650. The second-order valence-electron chi connectivity index (χ2n) is 5.31. The average molecular weight is 303 g/mol. The number of aromatic nitrogens is 1. The van der Waals surface area contributed by atoms with E-state index in [-0.39, 0.29) is 10.9 Å². The van der Waals surface area contributed by atoms with Crippen LogP contribution in [0.3, 0.4) is 0 Å². The van der Waals surface area contributed by atoms with Crippen LogP contribution in [0.5, 0.6) is 0 Å². The molecule has 1 fully saturated rings. The van der Waals surface area contributed by atoms with Crippen molar-refractivity contribution in [1.82, 2.24) is 9.71 Å². The third-order valence-electron chi connectivity index (χ3n) is 4.02. The molecule has 0 aromatic carbocycles. The zero-order valence-corrected chi connectivity index (χ0v) is 12.7. The Morgan fingerprint density at radius 3 is 2.68 bits per heavy atom. The standard InChI is InChI=1S/C13H19ClN2O2S/c1-9-4-3-5-12(10(9)2)16-19(17,18)11-6-7-13(14)15-8-11/h6-10,12,16H,3-5H2,1-2H3/t9-,10-,12-/m1/s1. The molecule has 0 saturated heterocycles. The number of nitrogens with zero attached hydrogens (tertiary/aromatic N) is 1. The Morgan fingerprint density at radius 2 is 2.05 bits per heavy atom. The summed E-state index contributed by atoms with van der Waals surface area (Å²) in [6, 6.07) is 2.97. The highest BCUT2D eigenvalue weighted by molar-refractivity contribution is 7.89. The summed E-state index contributed by atoms with van der Waals surface area (Å²) in [5.41, 5.74) is 0. The maximum Gasteiger partial charge on any atom is 0.242 e. The molecule has 1 aliphatic rings. The molecule has 106 valence electrons. The van der Waals surface area contributed by atoms with E-state index in [0.717, 1.165) is 12.8 Å². The van der Waals surface area contributed by atoms with Crippen molar-refractivity contribution < 1.29 is 8.42 Å². The van der Waals surface area contributed by atoms with Crippen LogP contribution in [0, 0.1) is 11.8 Å². The minimum absolute atomic E-state index is 0.00410. The monoisotopic (exact) mass is 302 g/mol. The molecule has 0 bridgehead atoms. The van der Waals surface area contributed by atoms with Crippen LogP contribution in [0.25, 0.3) is 0 Å². The van der Waals surface area contributed by atoms with Gasteiger partial charge in [-0.25, -0.2) is 18.1 Å². The molecule has 0 amide bonds. The fraction of sp³-hybridized carbons (Fsp3) is 0.615. The van der Waals surface area contributed by atoms with E-state index in [4.69, 9.17) is 11.6 Å². The molecule has 0 spiro atoms. The summed E-state index contributed by atoms with van der Waals surface area (Å²) in [6.07, 6.45) is 4.42. The summed E-state index contributed by atoms with van der Waals surface area (Å²) < 4.78 is 27.3. The number of nitrogens with one attached hydrogen (secondary N) is 1. The van der Waals surface area contributed by atoms with Crippen LogP contribution in [0.4, 0.5) is 0 Å². The Kier molecular flexibility index (Phi) is 4.48. The Labute approximate surface area is 119 Å². The molecule has 2 rings (SSSR count). The zero-order valence-electron chi connectivity index (χ0n) is 11.1. The van der Waals surface area contributed by atoms with Gasteiger partial charge in [-0.15, -0.1) is 0 Å². The van der Waals surface area contributed by atoms with Crippen molar-refractivity contribution in [1.29, 1.82) is 0 Å². The van der Waals surface area contributed by atoms with Gasteiger partial charge in [0.25, 0.3) is 0 Å². The molecule has 19 heavy (non-hydrogen) atoms. The summed E-state index contributed by atoms with van der Waals surface area (Å²) in [6.45, 7) is 4.28. The van der Waals surface area contributed by atoms with E-state index in [9.17, 15) is 8.42 Å². The number of sulfonamides is 1. The molecular formula is C13H19ClN2O2S. The van der Waals surface area contributed by atoms with Gasteiger partial charge < -0.3 is 0 Å². The minimum atomic E-state index is -3.50. The van der Waals surface area contributed by atoms with E-state index in [1.54, 1.807) is 0 Å². The third kappa shape index (κ3) is 3.46. The van der Waals surface area contributed by atoms with E-state index in [1.807, 2.05) is 0 Å². The SMILES string of the molecule is C[C@@H]1[C@H](C)CCC[C@H]1NS(=O)(=O)c1ccc(Cl)nc1. The molecule has 1 aliphatic carbocycles. The van der Waals surface area contributed by atoms with Gasteiger partial charge in [0.2, 0.25) is 10.0 Å². The first-order valence-corrected chi connectivity index (χ1v) is 8.40. The van der Waals surface area contributed by atoms with Gasteiger partial charge >= 0.3 is 0 Å². The first-order chi connectivity index (χ1) is 8.90. The number of hydrogen-bond acceptors (Lipinski definition) is 3. The molecule has 1 heterocycles. The molecule has 1 N–H and O–H groups in total. The molecule has 4 nitrogen and oxygen atoms in total. The van der Waals surface area contributed by atoms with Crippen molar-refractivity contribution in [2.75, 3.05) is 0 Å². The second kappa shape index (κ2) is 5.77. The normalized spacial score (nSPS) is 28.3. The lowest BCUT2D eigenvalue weighted by Gasteiger charge is -2.34. The van der Waals surface area contributed by atoms with Crippen LogP contribution < -0.4 is 4.72 Å². The molecule has 0 aliphatic heterocycles. The highest BCUT2D eigenvalue weighted by Gasteiger charge is 2.30. The lowest BCUT2D eigenvalue weighted by atomic mass is 9.78. The van der Waals surface area contributed by atoms with Crippen LogP contribution in [0.15, 0.2) is 23.2 Å². The number of rotatable bonds is 3. The van der Waals surface area contributed by atoms with Gasteiger partial charge in [0, 0.05) is 12.2 Å². The highest BCUT2D eigenvalue weighted by Crippen LogP contribution is 2.30. The summed E-state index contributed by atoms with van der Waals surface area (Å²) in [5.74, 6) is 0.897. The quantitative estimate of drug-likeness (QED) is 0.874. The minimum Gasteiger partial charge on any atom is -0.243 e. The highest BCUT2D eigenvalue weighted by atomic mass is 35.5. The first kappa shape index (κ1) is 14.8. The topological polar surface area (TPSA) is 59.1 Å². The van der Waals surface area contributed by atoms with Gasteiger partial charge in [-0.2, -0.15) is 0 Å². The zero-order chi connectivity index (χ0) is 14.0. The molecular weight excluding hydrogens is 284 g/mol. The van der Waals surface area contributed by atoms with Gasteiger partial charge in [0.05, 0.1) is 0 Å². The summed E-state index contributed by atoms with van der Waals surface area (Å²) in [5, 5.41) is 0.290. The van der Waals surface area contributed by atoms with Crippen LogP contribution in [0.2, 0.25) is 5.15 Å².